The lowest BCUT2D eigenvalue weighted by Gasteiger charge is -2.18. The molecule has 0 radical (unpaired) electrons. The third kappa shape index (κ3) is 11.8. The van der Waals surface area contributed by atoms with Crippen molar-refractivity contribution in [1.29, 1.82) is 0 Å². The molecule has 5 heteroatoms. The number of carbonyl (C=O) groups excluding carboxylic acids is 2. The van der Waals surface area contributed by atoms with Gasteiger partial charge in [-0.05, 0) is 37.8 Å². The van der Waals surface area contributed by atoms with Crippen molar-refractivity contribution in [3.63, 3.8) is 0 Å². The van der Waals surface area contributed by atoms with E-state index in [2.05, 4.69) is 12.2 Å². The van der Waals surface area contributed by atoms with Crippen LogP contribution in [0, 0.1) is 0 Å². The maximum Gasteiger partial charge on any atom is 0.328 e. The number of carbonyl (C=O) groups is 2. The van der Waals surface area contributed by atoms with Crippen LogP contribution in [0.3, 0.4) is 0 Å². The Morgan fingerprint density at radius 2 is 1.64 bits per heavy atom. The average Bonchev–Trinajstić information content (AvgIpc) is 2.71. The molecule has 1 amide bonds. The van der Waals surface area contributed by atoms with Crippen molar-refractivity contribution in [2.45, 2.75) is 90.2 Å². The fourth-order valence-corrected chi connectivity index (χ4v) is 3.08. The molecule has 0 aromatic heterocycles. The van der Waals surface area contributed by atoms with Gasteiger partial charge in [-0.1, -0.05) is 75.8 Å². The minimum absolute atomic E-state index is 0.0667. The van der Waals surface area contributed by atoms with Gasteiger partial charge < -0.3 is 15.8 Å². The maximum atomic E-state index is 12.5. The fourth-order valence-electron chi connectivity index (χ4n) is 3.08. The second-order valence-corrected chi connectivity index (χ2v) is 7.37. The molecule has 0 fully saturated rings. The summed E-state index contributed by atoms with van der Waals surface area (Å²) in [5, 5.41) is 2.87. The number of hydrogen-bond acceptors (Lipinski definition) is 4. The quantitative estimate of drug-likeness (QED) is 0.322. The Kier molecular flexibility index (Phi) is 13.9. The van der Waals surface area contributed by atoms with Gasteiger partial charge in [0, 0.05) is 6.42 Å². The SMILES string of the molecule is CCCCCCCCCC(=O)N[C@@H](CCCCN)C(=O)OCc1ccccc1. The van der Waals surface area contributed by atoms with E-state index >= 15 is 0 Å². The molecule has 0 spiro atoms. The number of unbranched alkanes of at least 4 members (excludes halogenated alkanes) is 7. The highest BCUT2D eigenvalue weighted by Gasteiger charge is 2.21. The van der Waals surface area contributed by atoms with E-state index in [0.29, 0.717) is 19.4 Å². The van der Waals surface area contributed by atoms with Gasteiger partial charge in [-0.15, -0.1) is 0 Å². The molecule has 3 N–H and O–H groups in total. The number of rotatable bonds is 16. The van der Waals surface area contributed by atoms with Crippen molar-refractivity contribution in [1.82, 2.24) is 5.32 Å². The first kappa shape index (κ1) is 24.2. The van der Waals surface area contributed by atoms with Gasteiger partial charge in [0.2, 0.25) is 5.91 Å². The number of amides is 1. The van der Waals surface area contributed by atoms with Gasteiger partial charge in [0.15, 0.2) is 0 Å². The van der Waals surface area contributed by atoms with E-state index in [9.17, 15) is 9.59 Å². The van der Waals surface area contributed by atoms with Crippen LogP contribution >= 0.6 is 0 Å². The predicted molar refractivity (Wildman–Crippen MR) is 114 cm³/mol. The van der Waals surface area contributed by atoms with Crippen molar-refractivity contribution in [2.75, 3.05) is 6.54 Å². The minimum Gasteiger partial charge on any atom is -0.459 e. The molecule has 0 aliphatic carbocycles. The van der Waals surface area contributed by atoms with Gasteiger partial charge >= 0.3 is 5.97 Å². The summed E-state index contributed by atoms with van der Waals surface area (Å²) in [4.78, 5) is 24.7. The zero-order valence-electron chi connectivity index (χ0n) is 17.5. The Morgan fingerprint density at radius 1 is 0.964 bits per heavy atom. The van der Waals surface area contributed by atoms with Crippen LogP contribution < -0.4 is 11.1 Å². The van der Waals surface area contributed by atoms with Crippen molar-refractivity contribution in [3.8, 4) is 0 Å². The zero-order chi connectivity index (χ0) is 20.5. The molecule has 158 valence electrons. The molecule has 28 heavy (non-hydrogen) atoms. The molecule has 1 aromatic carbocycles. The number of nitrogens with two attached hydrogens (primary N) is 1. The molecule has 0 aliphatic rings. The predicted octanol–water partition coefficient (Wildman–Crippen LogP) is 4.48. The van der Waals surface area contributed by atoms with Crippen LogP contribution in [0.15, 0.2) is 30.3 Å². The van der Waals surface area contributed by atoms with E-state index in [4.69, 9.17) is 10.5 Å². The lowest BCUT2D eigenvalue weighted by atomic mass is 10.1. The van der Waals surface area contributed by atoms with E-state index < -0.39 is 6.04 Å². The summed E-state index contributed by atoms with van der Waals surface area (Å²) in [6.45, 7) is 3.01. The van der Waals surface area contributed by atoms with Crippen LogP contribution in [0.5, 0.6) is 0 Å². The van der Waals surface area contributed by atoms with Crippen molar-refractivity contribution in [3.05, 3.63) is 35.9 Å². The third-order valence-corrected chi connectivity index (χ3v) is 4.80. The molecule has 1 rings (SSSR count). The monoisotopic (exact) mass is 390 g/mol. The summed E-state index contributed by atoms with van der Waals surface area (Å²) in [7, 11) is 0. The van der Waals surface area contributed by atoms with E-state index in [1.165, 1.54) is 32.1 Å². The summed E-state index contributed by atoms with van der Waals surface area (Å²) >= 11 is 0. The van der Waals surface area contributed by atoms with Gasteiger partial charge in [-0.3, -0.25) is 4.79 Å². The fraction of sp³-hybridized carbons (Fsp3) is 0.652. The normalized spacial score (nSPS) is 11.8. The van der Waals surface area contributed by atoms with Crippen molar-refractivity contribution in [2.24, 2.45) is 5.73 Å². The first-order valence-electron chi connectivity index (χ1n) is 10.9. The Bertz CT molecular complexity index is 534. The van der Waals surface area contributed by atoms with Gasteiger partial charge in [0.25, 0.3) is 0 Å². The molecule has 1 atom stereocenters. The molecule has 1 aromatic rings. The van der Waals surface area contributed by atoms with Gasteiger partial charge in [0.05, 0.1) is 0 Å². The van der Waals surface area contributed by atoms with E-state index in [-0.39, 0.29) is 18.5 Å². The van der Waals surface area contributed by atoms with Crippen LogP contribution in [0.25, 0.3) is 0 Å². The highest BCUT2D eigenvalue weighted by Crippen LogP contribution is 2.10. The molecular weight excluding hydrogens is 352 g/mol. The van der Waals surface area contributed by atoms with Crippen molar-refractivity contribution >= 4 is 11.9 Å². The highest BCUT2D eigenvalue weighted by atomic mass is 16.5. The Morgan fingerprint density at radius 3 is 2.32 bits per heavy atom. The minimum atomic E-state index is -0.590. The Labute approximate surface area is 170 Å². The molecule has 0 unspecified atom stereocenters. The van der Waals surface area contributed by atoms with E-state index in [1.54, 1.807) is 0 Å². The lowest BCUT2D eigenvalue weighted by Crippen LogP contribution is -2.41. The van der Waals surface area contributed by atoms with Crippen molar-refractivity contribution < 1.29 is 14.3 Å². The third-order valence-electron chi connectivity index (χ3n) is 4.80. The number of hydrogen-bond donors (Lipinski definition) is 2. The van der Waals surface area contributed by atoms with Gasteiger partial charge in [-0.25, -0.2) is 4.79 Å². The molecule has 0 saturated carbocycles. The number of nitrogens with one attached hydrogen (secondary N) is 1. The standard InChI is InChI=1S/C23H38N2O3/c1-2-3-4-5-6-7-11-17-22(26)25-21(16-12-13-18-24)23(27)28-19-20-14-9-8-10-15-20/h8-10,14-15,21H,2-7,11-13,16-19,24H2,1H3,(H,25,26)/t21-/m0/s1. The van der Waals surface area contributed by atoms with Gasteiger partial charge in [-0.2, -0.15) is 0 Å². The summed E-state index contributed by atoms with van der Waals surface area (Å²) in [5.41, 5.74) is 6.48. The first-order valence-corrected chi connectivity index (χ1v) is 10.9. The molecule has 0 heterocycles. The van der Waals surface area contributed by atoms with E-state index in [1.807, 2.05) is 30.3 Å². The summed E-state index contributed by atoms with van der Waals surface area (Å²) < 4.78 is 5.42. The van der Waals surface area contributed by atoms with Crippen LogP contribution in [-0.4, -0.2) is 24.5 Å². The molecule has 0 aliphatic heterocycles. The number of ether oxygens (including phenoxy) is 1. The largest absolute Gasteiger partial charge is 0.459 e. The second-order valence-electron chi connectivity index (χ2n) is 7.37. The molecule has 5 nitrogen and oxygen atoms in total. The lowest BCUT2D eigenvalue weighted by molar-refractivity contribution is -0.149. The summed E-state index contributed by atoms with van der Waals surface area (Å²) in [6.07, 6.45) is 10.8. The van der Waals surface area contributed by atoms with Crippen LogP contribution in [0.2, 0.25) is 0 Å². The summed E-state index contributed by atoms with van der Waals surface area (Å²) in [5.74, 6) is -0.434. The molecule has 0 saturated heterocycles. The Hall–Kier alpha value is -1.88. The number of esters is 1. The van der Waals surface area contributed by atoms with Crippen LogP contribution in [0.1, 0.15) is 83.1 Å². The summed E-state index contributed by atoms with van der Waals surface area (Å²) in [6, 6.07) is 8.97. The van der Waals surface area contributed by atoms with Crippen LogP contribution in [0.4, 0.5) is 0 Å². The smallest absolute Gasteiger partial charge is 0.328 e. The highest BCUT2D eigenvalue weighted by molar-refractivity contribution is 5.84. The van der Waals surface area contributed by atoms with Crippen LogP contribution in [-0.2, 0) is 20.9 Å². The topological polar surface area (TPSA) is 81.4 Å². The average molecular weight is 391 g/mol. The zero-order valence-corrected chi connectivity index (χ0v) is 17.5. The molecule has 0 bridgehead atoms. The maximum absolute atomic E-state index is 12.5. The second kappa shape index (κ2) is 16.1. The van der Waals surface area contributed by atoms with Gasteiger partial charge in [0.1, 0.15) is 12.6 Å². The Balaban J connectivity index is 2.35. The van der Waals surface area contributed by atoms with E-state index in [0.717, 1.165) is 31.2 Å². The molecular formula is C23H38N2O3. The number of benzene rings is 1. The first-order chi connectivity index (χ1) is 13.7.